The van der Waals surface area contributed by atoms with Gasteiger partial charge in [-0.15, -0.1) is 0 Å². The number of rotatable bonds is 6. The van der Waals surface area contributed by atoms with E-state index in [0.717, 1.165) is 44.3 Å². The largest absolute Gasteiger partial charge is 0.393 e. The summed E-state index contributed by atoms with van der Waals surface area (Å²) in [5.41, 5.74) is 2.11. The van der Waals surface area contributed by atoms with Gasteiger partial charge in [0, 0.05) is 18.8 Å². The summed E-state index contributed by atoms with van der Waals surface area (Å²) >= 11 is 0. The lowest BCUT2D eigenvalue weighted by molar-refractivity contribution is 0.101. The van der Waals surface area contributed by atoms with Crippen molar-refractivity contribution in [3.05, 3.63) is 29.8 Å². The Kier molecular flexibility index (Phi) is 6.70. The van der Waals surface area contributed by atoms with E-state index in [1.807, 2.05) is 12.1 Å². The van der Waals surface area contributed by atoms with Gasteiger partial charge in [-0.25, -0.2) is 4.79 Å². The lowest BCUT2D eigenvalue weighted by Crippen LogP contribution is -2.35. The number of urea groups is 1. The van der Waals surface area contributed by atoms with Crippen LogP contribution >= 0.6 is 0 Å². The maximum atomic E-state index is 12.1. The standard InChI is InChI=1S/C20H31N3O2/c24-19-8-4-6-17(14-19)15-21-20(25)22-18-7-3-5-16(13-18)9-12-23-10-1-2-11-23/h3,5,7,13,17,19,24H,1-2,4,6,8-12,14-15H2,(H2,21,22,25). The van der Waals surface area contributed by atoms with E-state index in [1.165, 1.54) is 31.5 Å². The average Bonchev–Trinajstić information content (AvgIpc) is 3.12. The summed E-state index contributed by atoms with van der Waals surface area (Å²) < 4.78 is 0. The molecular weight excluding hydrogens is 314 g/mol. The number of hydrogen-bond acceptors (Lipinski definition) is 3. The van der Waals surface area contributed by atoms with E-state index >= 15 is 0 Å². The van der Waals surface area contributed by atoms with Crippen molar-refractivity contribution in [1.82, 2.24) is 10.2 Å². The molecule has 5 heteroatoms. The quantitative estimate of drug-likeness (QED) is 0.743. The Labute approximate surface area is 150 Å². The van der Waals surface area contributed by atoms with Crippen molar-refractivity contribution >= 4 is 11.7 Å². The highest BCUT2D eigenvalue weighted by Gasteiger charge is 2.20. The number of hydrogen-bond donors (Lipinski definition) is 3. The molecule has 1 aromatic rings. The smallest absolute Gasteiger partial charge is 0.319 e. The molecule has 0 bridgehead atoms. The van der Waals surface area contributed by atoms with Gasteiger partial charge < -0.3 is 20.6 Å². The fourth-order valence-corrected chi connectivity index (χ4v) is 3.96. The minimum absolute atomic E-state index is 0.156. The zero-order chi connectivity index (χ0) is 17.5. The first-order chi connectivity index (χ1) is 12.2. The molecule has 2 fully saturated rings. The fourth-order valence-electron chi connectivity index (χ4n) is 3.96. The third-order valence-electron chi connectivity index (χ3n) is 5.41. The number of nitrogens with zero attached hydrogens (tertiary/aromatic N) is 1. The Morgan fingerprint density at radius 1 is 1.20 bits per heavy atom. The molecule has 1 saturated carbocycles. The van der Waals surface area contributed by atoms with Gasteiger partial charge in [-0.05, 0) is 75.2 Å². The van der Waals surface area contributed by atoms with Crippen molar-refractivity contribution in [3.63, 3.8) is 0 Å². The summed E-state index contributed by atoms with van der Waals surface area (Å²) in [6.45, 7) is 4.17. The van der Waals surface area contributed by atoms with Crippen molar-refractivity contribution in [1.29, 1.82) is 0 Å². The van der Waals surface area contributed by atoms with E-state index in [-0.39, 0.29) is 12.1 Å². The van der Waals surface area contributed by atoms with Crippen LogP contribution in [-0.4, -0.2) is 48.3 Å². The second-order valence-corrected chi connectivity index (χ2v) is 7.52. The number of benzene rings is 1. The minimum atomic E-state index is -0.198. The Morgan fingerprint density at radius 3 is 2.84 bits per heavy atom. The van der Waals surface area contributed by atoms with Crippen LogP contribution in [0.1, 0.15) is 44.1 Å². The first-order valence-electron chi connectivity index (χ1n) is 9.73. The molecule has 0 spiro atoms. The monoisotopic (exact) mass is 345 g/mol. The Balaban J connectivity index is 1.42. The molecule has 0 aromatic heterocycles. The van der Waals surface area contributed by atoms with Crippen LogP contribution in [0.3, 0.4) is 0 Å². The van der Waals surface area contributed by atoms with Crippen LogP contribution in [0.25, 0.3) is 0 Å². The van der Waals surface area contributed by atoms with Gasteiger partial charge in [0.2, 0.25) is 0 Å². The van der Waals surface area contributed by atoms with Gasteiger partial charge in [0.1, 0.15) is 0 Å². The van der Waals surface area contributed by atoms with E-state index in [1.54, 1.807) is 0 Å². The second-order valence-electron chi connectivity index (χ2n) is 7.52. The van der Waals surface area contributed by atoms with Gasteiger partial charge in [-0.3, -0.25) is 0 Å². The lowest BCUT2D eigenvalue weighted by atomic mass is 9.87. The number of likely N-dealkylation sites (tertiary alicyclic amines) is 1. The molecular formula is C20H31N3O2. The third-order valence-corrected chi connectivity index (χ3v) is 5.41. The molecule has 3 rings (SSSR count). The minimum Gasteiger partial charge on any atom is -0.393 e. The number of carbonyl (C=O) groups excluding carboxylic acids is 1. The summed E-state index contributed by atoms with van der Waals surface area (Å²) in [4.78, 5) is 14.6. The van der Waals surface area contributed by atoms with E-state index in [4.69, 9.17) is 0 Å². The molecule has 5 nitrogen and oxygen atoms in total. The number of carbonyl (C=O) groups is 1. The number of amides is 2. The first-order valence-corrected chi connectivity index (χ1v) is 9.73. The average molecular weight is 345 g/mol. The van der Waals surface area contributed by atoms with Crippen LogP contribution in [0.5, 0.6) is 0 Å². The highest BCUT2D eigenvalue weighted by molar-refractivity contribution is 5.89. The molecule has 1 aliphatic heterocycles. The van der Waals surface area contributed by atoms with Crippen LogP contribution < -0.4 is 10.6 Å². The van der Waals surface area contributed by atoms with Crippen LogP contribution in [0.15, 0.2) is 24.3 Å². The summed E-state index contributed by atoms with van der Waals surface area (Å²) in [6.07, 6.45) is 7.30. The van der Waals surface area contributed by atoms with Gasteiger partial charge in [0.05, 0.1) is 6.10 Å². The van der Waals surface area contributed by atoms with Crippen molar-refractivity contribution in [2.75, 3.05) is 31.5 Å². The molecule has 138 valence electrons. The molecule has 2 aliphatic rings. The molecule has 2 atom stereocenters. The topological polar surface area (TPSA) is 64.6 Å². The van der Waals surface area contributed by atoms with Crippen LogP contribution in [0.2, 0.25) is 0 Å². The van der Waals surface area contributed by atoms with Gasteiger partial charge in [0.25, 0.3) is 0 Å². The number of aliphatic hydroxyl groups excluding tert-OH is 1. The molecule has 25 heavy (non-hydrogen) atoms. The fraction of sp³-hybridized carbons (Fsp3) is 0.650. The van der Waals surface area contributed by atoms with Gasteiger partial charge >= 0.3 is 6.03 Å². The van der Waals surface area contributed by atoms with E-state index in [0.29, 0.717) is 12.5 Å². The number of nitrogens with one attached hydrogen (secondary N) is 2. The SMILES string of the molecule is O=C(NCC1CCCC(O)C1)Nc1cccc(CCN2CCCC2)c1. The molecule has 1 heterocycles. The summed E-state index contributed by atoms with van der Waals surface area (Å²) in [7, 11) is 0. The van der Waals surface area contributed by atoms with Crippen LogP contribution in [0, 0.1) is 5.92 Å². The molecule has 2 amide bonds. The normalized spacial score (nSPS) is 24.2. The van der Waals surface area contributed by atoms with Crippen LogP contribution in [-0.2, 0) is 6.42 Å². The van der Waals surface area contributed by atoms with Crippen molar-refractivity contribution < 1.29 is 9.90 Å². The predicted molar refractivity (Wildman–Crippen MR) is 101 cm³/mol. The van der Waals surface area contributed by atoms with Crippen LogP contribution in [0.4, 0.5) is 10.5 Å². The van der Waals surface area contributed by atoms with Gasteiger partial charge in [-0.2, -0.15) is 0 Å². The van der Waals surface area contributed by atoms with Gasteiger partial charge in [-0.1, -0.05) is 18.6 Å². The zero-order valence-corrected chi connectivity index (χ0v) is 15.0. The zero-order valence-electron chi connectivity index (χ0n) is 15.0. The number of aliphatic hydroxyl groups is 1. The molecule has 3 N–H and O–H groups in total. The molecule has 2 unspecified atom stereocenters. The van der Waals surface area contributed by atoms with E-state index < -0.39 is 0 Å². The predicted octanol–water partition coefficient (Wildman–Crippen LogP) is 3.00. The Hall–Kier alpha value is -1.59. The third kappa shape index (κ3) is 6.01. The maximum Gasteiger partial charge on any atom is 0.319 e. The van der Waals surface area contributed by atoms with Crippen molar-refractivity contribution in [3.8, 4) is 0 Å². The maximum absolute atomic E-state index is 12.1. The van der Waals surface area contributed by atoms with E-state index in [9.17, 15) is 9.90 Å². The van der Waals surface area contributed by atoms with Crippen molar-refractivity contribution in [2.24, 2.45) is 5.92 Å². The van der Waals surface area contributed by atoms with Gasteiger partial charge in [0.15, 0.2) is 0 Å². The highest BCUT2D eigenvalue weighted by Crippen LogP contribution is 2.23. The summed E-state index contributed by atoms with van der Waals surface area (Å²) in [6, 6.07) is 7.98. The Bertz CT molecular complexity index is 558. The lowest BCUT2D eigenvalue weighted by Gasteiger charge is -2.25. The highest BCUT2D eigenvalue weighted by atomic mass is 16.3. The first kappa shape index (κ1) is 18.2. The molecule has 0 radical (unpaired) electrons. The Morgan fingerprint density at radius 2 is 2.04 bits per heavy atom. The molecule has 1 saturated heterocycles. The summed E-state index contributed by atoms with van der Waals surface area (Å²) in [5.74, 6) is 0.390. The second kappa shape index (κ2) is 9.20. The molecule has 1 aliphatic carbocycles. The van der Waals surface area contributed by atoms with Crippen molar-refractivity contribution in [2.45, 2.75) is 51.0 Å². The molecule has 1 aromatic carbocycles. The summed E-state index contributed by atoms with van der Waals surface area (Å²) in [5, 5.41) is 15.6. The van der Waals surface area contributed by atoms with E-state index in [2.05, 4.69) is 27.7 Å². The number of anilines is 1.